The van der Waals surface area contributed by atoms with E-state index < -0.39 is 18.0 Å². The number of anilines is 2. The summed E-state index contributed by atoms with van der Waals surface area (Å²) in [5.74, 6) is -0.537. The first-order valence-electron chi connectivity index (χ1n) is 10.3. The molecule has 0 aromatic heterocycles. The summed E-state index contributed by atoms with van der Waals surface area (Å²) in [6.07, 6.45) is 0.731. The Labute approximate surface area is 201 Å². The molecule has 1 unspecified atom stereocenters. The molecule has 1 atom stereocenters. The van der Waals surface area contributed by atoms with Gasteiger partial charge >= 0.3 is 18.0 Å². The largest absolute Gasteiger partial charge is 0.466 e. The molecule has 1 aliphatic rings. The second kappa shape index (κ2) is 10.6. The highest BCUT2D eigenvalue weighted by atomic mass is 35.5. The zero-order valence-corrected chi connectivity index (χ0v) is 19.9. The lowest BCUT2D eigenvalue weighted by Gasteiger charge is -2.35. The number of rotatable bonds is 6. The molecule has 0 saturated heterocycles. The van der Waals surface area contributed by atoms with Crippen LogP contribution < -0.4 is 16.0 Å². The normalized spacial score (nSPS) is 15.7. The summed E-state index contributed by atoms with van der Waals surface area (Å²) in [6.45, 7) is 4.14. The smallest absolute Gasteiger partial charge is 0.337 e. The van der Waals surface area contributed by atoms with Crippen molar-refractivity contribution in [3.05, 3.63) is 69.3 Å². The molecule has 0 fully saturated rings. The Morgan fingerprint density at radius 3 is 2.58 bits per heavy atom. The number of carbonyl (C=O) groups is 3. The van der Waals surface area contributed by atoms with Crippen molar-refractivity contribution in [3.63, 3.8) is 0 Å². The number of ether oxygens (including phenoxy) is 1. The summed E-state index contributed by atoms with van der Waals surface area (Å²) in [5.41, 5.74) is 2.29. The summed E-state index contributed by atoms with van der Waals surface area (Å²) < 4.78 is 4.98. The van der Waals surface area contributed by atoms with Gasteiger partial charge in [0.15, 0.2) is 0 Å². The molecular weight excluding hydrogens is 467 g/mol. The predicted octanol–water partition coefficient (Wildman–Crippen LogP) is 5.56. The third-order valence-corrected chi connectivity index (χ3v) is 5.95. The van der Waals surface area contributed by atoms with Crippen molar-refractivity contribution in [3.8, 4) is 0 Å². The minimum absolute atomic E-state index is 0.230. The minimum Gasteiger partial charge on any atom is -0.466 e. The molecule has 3 N–H and O–H groups in total. The number of amides is 4. The van der Waals surface area contributed by atoms with Crippen LogP contribution >= 0.6 is 23.2 Å². The van der Waals surface area contributed by atoms with Crippen LogP contribution in [0.25, 0.3) is 0 Å². The number of carbonyl (C=O) groups excluding carboxylic acids is 3. The molecule has 33 heavy (non-hydrogen) atoms. The maximum absolute atomic E-state index is 12.7. The van der Waals surface area contributed by atoms with Crippen molar-refractivity contribution in [1.82, 2.24) is 10.2 Å². The van der Waals surface area contributed by atoms with Crippen LogP contribution in [0.1, 0.15) is 31.9 Å². The topological polar surface area (TPSA) is 99.8 Å². The van der Waals surface area contributed by atoms with E-state index in [2.05, 4.69) is 16.0 Å². The van der Waals surface area contributed by atoms with E-state index in [0.29, 0.717) is 39.8 Å². The molecule has 3 rings (SSSR count). The van der Waals surface area contributed by atoms with Crippen molar-refractivity contribution < 1.29 is 19.1 Å². The summed E-state index contributed by atoms with van der Waals surface area (Å²) in [4.78, 5) is 39.3. The Kier molecular flexibility index (Phi) is 7.84. The zero-order chi connectivity index (χ0) is 24.1. The average molecular weight is 491 g/mol. The molecule has 0 radical (unpaired) electrons. The Morgan fingerprint density at radius 1 is 1.15 bits per heavy atom. The van der Waals surface area contributed by atoms with E-state index in [1.54, 1.807) is 49.4 Å². The fourth-order valence-corrected chi connectivity index (χ4v) is 3.93. The van der Waals surface area contributed by atoms with Gasteiger partial charge in [-0.15, -0.1) is 0 Å². The van der Waals surface area contributed by atoms with Gasteiger partial charge in [-0.1, -0.05) is 48.3 Å². The Hall–Kier alpha value is -3.23. The molecular formula is C23H24Cl2N4O4. The van der Waals surface area contributed by atoms with Crippen molar-refractivity contribution in [2.45, 2.75) is 26.3 Å². The number of esters is 1. The van der Waals surface area contributed by atoms with Crippen LogP contribution in [-0.2, 0) is 9.53 Å². The van der Waals surface area contributed by atoms with Crippen molar-refractivity contribution >= 4 is 52.6 Å². The van der Waals surface area contributed by atoms with Gasteiger partial charge in [-0.2, -0.15) is 0 Å². The molecule has 0 spiro atoms. The lowest BCUT2D eigenvalue weighted by Crippen LogP contribution is -2.48. The first-order chi connectivity index (χ1) is 15.8. The Bertz CT molecular complexity index is 1120. The lowest BCUT2D eigenvalue weighted by atomic mass is 9.94. The number of hydrogen-bond donors (Lipinski definition) is 3. The van der Waals surface area contributed by atoms with Gasteiger partial charge in [-0.05, 0) is 43.2 Å². The van der Waals surface area contributed by atoms with Crippen molar-refractivity contribution in [2.75, 3.05) is 24.3 Å². The third kappa shape index (κ3) is 5.40. The molecule has 4 amide bonds. The van der Waals surface area contributed by atoms with E-state index >= 15 is 0 Å². The lowest BCUT2D eigenvalue weighted by molar-refractivity contribution is -0.136. The SMILES string of the molecule is CCCN1C(=O)NC(c2cccc(NC(=O)Nc3cccc(Cl)c3Cl)c2)C(C(=O)OC)=C1C. The van der Waals surface area contributed by atoms with Crippen LogP contribution in [-0.4, -0.2) is 36.6 Å². The highest BCUT2D eigenvalue weighted by Gasteiger charge is 2.36. The summed E-state index contributed by atoms with van der Waals surface area (Å²) >= 11 is 12.1. The first-order valence-corrected chi connectivity index (χ1v) is 11.0. The molecule has 10 heteroatoms. The van der Waals surface area contributed by atoms with E-state index in [-0.39, 0.29) is 11.1 Å². The van der Waals surface area contributed by atoms with Gasteiger partial charge in [0.05, 0.1) is 34.5 Å². The van der Waals surface area contributed by atoms with E-state index in [1.165, 1.54) is 12.0 Å². The van der Waals surface area contributed by atoms with Crippen LogP contribution in [0.5, 0.6) is 0 Å². The maximum Gasteiger partial charge on any atom is 0.337 e. The number of urea groups is 2. The van der Waals surface area contributed by atoms with Gasteiger partial charge in [0.2, 0.25) is 0 Å². The first kappa shape index (κ1) is 24.4. The quantitative estimate of drug-likeness (QED) is 0.461. The zero-order valence-electron chi connectivity index (χ0n) is 18.4. The number of allylic oxidation sites excluding steroid dienone is 1. The molecule has 1 aliphatic heterocycles. The molecule has 174 valence electrons. The number of nitrogens with one attached hydrogen (secondary N) is 3. The molecule has 0 bridgehead atoms. The van der Waals surface area contributed by atoms with E-state index in [4.69, 9.17) is 27.9 Å². The van der Waals surface area contributed by atoms with Gasteiger partial charge in [-0.3, -0.25) is 4.90 Å². The second-order valence-corrected chi connectivity index (χ2v) is 8.12. The summed E-state index contributed by atoms with van der Waals surface area (Å²) in [5, 5.41) is 8.77. The summed E-state index contributed by atoms with van der Waals surface area (Å²) in [6, 6.07) is 10.2. The van der Waals surface area contributed by atoms with E-state index in [1.807, 2.05) is 6.92 Å². The van der Waals surface area contributed by atoms with E-state index in [0.717, 1.165) is 6.42 Å². The van der Waals surface area contributed by atoms with Crippen LogP contribution in [0.3, 0.4) is 0 Å². The number of hydrogen-bond acceptors (Lipinski definition) is 4. The predicted molar refractivity (Wildman–Crippen MR) is 129 cm³/mol. The minimum atomic E-state index is -0.731. The van der Waals surface area contributed by atoms with Gasteiger partial charge < -0.3 is 20.7 Å². The molecule has 2 aromatic rings. The Morgan fingerprint density at radius 2 is 1.88 bits per heavy atom. The van der Waals surface area contributed by atoms with Crippen molar-refractivity contribution in [1.29, 1.82) is 0 Å². The molecule has 2 aromatic carbocycles. The summed E-state index contributed by atoms with van der Waals surface area (Å²) in [7, 11) is 1.30. The van der Waals surface area contributed by atoms with Crippen molar-refractivity contribution in [2.24, 2.45) is 0 Å². The second-order valence-electron chi connectivity index (χ2n) is 7.33. The van der Waals surface area contributed by atoms with Gasteiger partial charge in [0, 0.05) is 17.9 Å². The van der Waals surface area contributed by atoms with Gasteiger partial charge in [0.1, 0.15) is 0 Å². The third-order valence-electron chi connectivity index (χ3n) is 5.13. The number of halogens is 2. The fraction of sp³-hybridized carbons (Fsp3) is 0.261. The van der Waals surface area contributed by atoms with Gasteiger partial charge in [0.25, 0.3) is 0 Å². The number of methoxy groups -OCH3 is 1. The maximum atomic E-state index is 12.7. The van der Waals surface area contributed by atoms with E-state index in [9.17, 15) is 14.4 Å². The number of benzene rings is 2. The number of nitrogens with zero attached hydrogens (tertiary/aromatic N) is 1. The monoisotopic (exact) mass is 490 g/mol. The average Bonchev–Trinajstić information content (AvgIpc) is 2.79. The van der Waals surface area contributed by atoms with Crippen LogP contribution in [0.2, 0.25) is 10.0 Å². The highest BCUT2D eigenvalue weighted by molar-refractivity contribution is 6.44. The molecule has 8 nitrogen and oxygen atoms in total. The molecule has 1 heterocycles. The highest BCUT2D eigenvalue weighted by Crippen LogP contribution is 2.33. The standard InChI is InChI=1S/C23H24Cl2N4O4/c1-4-11-29-13(2)18(21(30)33-3)20(28-23(29)32)14-7-5-8-15(12-14)26-22(31)27-17-10-6-9-16(24)19(17)25/h5-10,12,20H,4,11H2,1-3H3,(H,28,32)(H2,26,27,31). The van der Waals surface area contributed by atoms with Crippen LogP contribution in [0, 0.1) is 0 Å². The molecule has 0 saturated carbocycles. The fourth-order valence-electron chi connectivity index (χ4n) is 3.58. The Balaban J connectivity index is 1.87. The van der Waals surface area contributed by atoms with Crippen LogP contribution in [0.15, 0.2) is 53.7 Å². The molecule has 0 aliphatic carbocycles. The van der Waals surface area contributed by atoms with Gasteiger partial charge in [-0.25, -0.2) is 14.4 Å². The van der Waals surface area contributed by atoms with Crippen LogP contribution in [0.4, 0.5) is 21.0 Å².